The summed E-state index contributed by atoms with van der Waals surface area (Å²) in [7, 11) is 0. The molecule has 0 heterocycles. The molecule has 0 N–H and O–H groups in total. The topological polar surface area (TPSA) is 9.23 Å². The lowest BCUT2D eigenvalue weighted by molar-refractivity contribution is 0.263. The van der Waals surface area contributed by atoms with Gasteiger partial charge < -0.3 is 4.74 Å². The van der Waals surface area contributed by atoms with E-state index in [2.05, 4.69) is 6.92 Å². The number of halogens is 4. The Labute approximate surface area is 129 Å². The summed E-state index contributed by atoms with van der Waals surface area (Å²) in [5.74, 6) is -7.19. The second-order valence-corrected chi connectivity index (χ2v) is 5.39. The molecule has 1 aromatic rings. The highest BCUT2D eigenvalue weighted by atomic mass is 19.2. The molecule has 0 aromatic heterocycles. The minimum Gasteiger partial charge on any atom is -0.487 e. The SMILES string of the molecule is CCCCCCCCCCCOc1c(F)c(F)[c]c(F)c1F. The van der Waals surface area contributed by atoms with Gasteiger partial charge in [0.15, 0.2) is 17.4 Å². The van der Waals surface area contributed by atoms with Gasteiger partial charge in [-0.1, -0.05) is 58.3 Å². The largest absolute Gasteiger partial charge is 0.487 e. The molecule has 1 aromatic carbocycles. The third-order valence-electron chi connectivity index (χ3n) is 3.50. The fourth-order valence-electron chi connectivity index (χ4n) is 2.22. The molecule has 0 spiro atoms. The summed E-state index contributed by atoms with van der Waals surface area (Å²) in [6.07, 6.45) is 9.78. The molecule has 1 nitrogen and oxygen atoms in total. The molecule has 0 aliphatic rings. The molecule has 0 unspecified atom stereocenters. The van der Waals surface area contributed by atoms with E-state index >= 15 is 0 Å². The summed E-state index contributed by atoms with van der Waals surface area (Å²) < 4.78 is 57.2. The maximum absolute atomic E-state index is 13.3. The third-order valence-corrected chi connectivity index (χ3v) is 3.50. The van der Waals surface area contributed by atoms with E-state index in [9.17, 15) is 17.6 Å². The first kappa shape index (κ1) is 18.8. The first-order chi connectivity index (χ1) is 10.6. The van der Waals surface area contributed by atoms with Crippen LogP contribution in [0.15, 0.2) is 0 Å². The van der Waals surface area contributed by atoms with Crippen LogP contribution in [0.4, 0.5) is 17.6 Å². The number of rotatable bonds is 11. The van der Waals surface area contributed by atoms with Gasteiger partial charge in [0.2, 0.25) is 11.6 Å². The number of benzene rings is 1. The molecular weight excluding hydrogens is 296 g/mol. The van der Waals surface area contributed by atoms with Crippen molar-refractivity contribution in [2.45, 2.75) is 64.7 Å². The van der Waals surface area contributed by atoms with Crippen molar-refractivity contribution >= 4 is 0 Å². The second-order valence-electron chi connectivity index (χ2n) is 5.39. The van der Waals surface area contributed by atoms with Gasteiger partial charge in [0.25, 0.3) is 0 Å². The van der Waals surface area contributed by atoms with Crippen LogP contribution in [-0.2, 0) is 0 Å². The molecule has 0 saturated heterocycles. The van der Waals surface area contributed by atoms with Crippen LogP contribution in [0, 0.1) is 29.3 Å². The molecule has 1 rings (SSSR count). The van der Waals surface area contributed by atoms with Gasteiger partial charge in [-0.25, -0.2) is 8.78 Å². The van der Waals surface area contributed by atoms with Gasteiger partial charge in [-0.05, 0) is 6.42 Å². The number of hydrogen-bond donors (Lipinski definition) is 0. The first-order valence-electron chi connectivity index (χ1n) is 7.96. The lowest BCUT2D eigenvalue weighted by Gasteiger charge is -2.09. The van der Waals surface area contributed by atoms with E-state index in [-0.39, 0.29) is 6.61 Å². The van der Waals surface area contributed by atoms with Crippen LogP contribution in [-0.4, -0.2) is 6.61 Å². The molecule has 0 bridgehead atoms. The summed E-state index contributed by atoms with van der Waals surface area (Å²) in [5.41, 5.74) is 0. The fourth-order valence-corrected chi connectivity index (χ4v) is 2.22. The van der Waals surface area contributed by atoms with Crippen LogP contribution in [0.25, 0.3) is 0 Å². The van der Waals surface area contributed by atoms with Crippen molar-refractivity contribution < 1.29 is 22.3 Å². The van der Waals surface area contributed by atoms with Crippen LogP contribution in [0.1, 0.15) is 64.7 Å². The van der Waals surface area contributed by atoms with Gasteiger partial charge >= 0.3 is 0 Å². The van der Waals surface area contributed by atoms with Gasteiger partial charge in [0, 0.05) is 0 Å². The molecule has 0 aliphatic heterocycles. The lowest BCUT2D eigenvalue weighted by atomic mass is 10.1. The van der Waals surface area contributed by atoms with E-state index in [0.717, 1.165) is 19.3 Å². The summed E-state index contributed by atoms with van der Waals surface area (Å²) >= 11 is 0. The van der Waals surface area contributed by atoms with Crippen LogP contribution < -0.4 is 4.74 Å². The Balaban J connectivity index is 2.18. The van der Waals surface area contributed by atoms with Crippen LogP contribution in [0.2, 0.25) is 0 Å². The first-order valence-corrected chi connectivity index (χ1v) is 7.96. The average Bonchev–Trinajstić information content (AvgIpc) is 2.50. The van der Waals surface area contributed by atoms with Crippen molar-refractivity contribution in [2.75, 3.05) is 6.61 Å². The molecule has 0 saturated carbocycles. The Kier molecular flexibility index (Phi) is 8.94. The van der Waals surface area contributed by atoms with Crippen LogP contribution in [0.5, 0.6) is 5.75 Å². The molecule has 5 heteroatoms. The molecule has 0 atom stereocenters. The van der Waals surface area contributed by atoms with Gasteiger partial charge in [0.1, 0.15) is 0 Å². The van der Waals surface area contributed by atoms with E-state index in [1.807, 2.05) is 0 Å². The van der Waals surface area contributed by atoms with E-state index in [1.54, 1.807) is 0 Å². The number of ether oxygens (including phenoxy) is 1. The van der Waals surface area contributed by atoms with Gasteiger partial charge in [-0.2, -0.15) is 8.78 Å². The zero-order valence-corrected chi connectivity index (χ0v) is 13.0. The normalized spacial score (nSPS) is 11.0. The van der Waals surface area contributed by atoms with Crippen molar-refractivity contribution in [3.8, 4) is 5.75 Å². The molecule has 22 heavy (non-hydrogen) atoms. The van der Waals surface area contributed by atoms with E-state index < -0.39 is 29.0 Å². The van der Waals surface area contributed by atoms with Gasteiger partial charge in [0.05, 0.1) is 12.7 Å². The Morgan fingerprint density at radius 2 is 1.18 bits per heavy atom. The van der Waals surface area contributed by atoms with E-state index in [1.165, 1.54) is 38.2 Å². The predicted octanol–water partition coefficient (Wildman–Crippen LogP) is 5.95. The smallest absolute Gasteiger partial charge is 0.204 e. The molecule has 1 radical (unpaired) electrons. The highest BCUT2D eigenvalue weighted by molar-refractivity contribution is 5.27. The summed E-state index contributed by atoms with van der Waals surface area (Å²) in [4.78, 5) is 0. The molecule has 0 amide bonds. The molecule has 0 aliphatic carbocycles. The van der Waals surface area contributed by atoms with E-state index in [4.69, 9.17) is 4.74 Å². The van der Waals surface area contributed by atoms with E-state index in [0.29, 0.717) is 6.42 Å². The molecule has 0 fully saturated rings. The van der Waals surface area contributed by atoms with Crippen LogP contribution >= 0.6 is 0 Å². The number of hydrogen-bond acceptors (Lipinski definition) is 1. The summed E-state index contributed by atoms with van der Waals surface area (Å²) in [6.45, 7) is 2.21. The maximum Gasteiger partial charge on any atom is 0.204 e. The third kappa shape index (κ3) is 6.24. The highest BCUT2D eigenvalue weighted by Gasteiger charge is 2.20. The summed E-state index contributed by atoms with van der Waals surface area (Å²) in [6, 6.07) is 1.32. The van der Waals surface area contributed by atoms with Crippen molar-refractivity contribution in [1.82, 2.24) is 0 Å². The minimum absolute atomic E-state index is 0.0343. The Bertz CT molecular complexity index is 423. The van der Waals surface area contributed by atoms with Crippen LogP contribution in [0.3, 0.4) is 0 Å². The quantitative estimate of drug-likeness (QED) is 0.278. The standard InChI is InChI=1S/C17H23F4O/c1-2-3-4-5-6-7-8-9-10-11-22-17-15(20)13(18)12-14(19)16(17)21/h2-11H2,1H3. The lowest BCUT2D eigenvalue weighted by Crippen LogP contribution is -2.05. The van der Waals surface area contributed by atoms with Gasteiger partial charge in [-0.3, -0.25) is 0 Å². The predicted molar refractivity (Wildman–Crippen MR) is 77.8 cm³/mol. The van der Waals surface area contributed by atoms with Crippen molar-refractivity contribution in [1.29, 1.82) is 0 Å². The number of unbranched alkanes of at least 4 members (excludes halogenated alkanes) is 8. The Hall–Kier alpha value is -1.26. The Morgan fingerprint density at radius 3 is 1.68 bits per heavy atom. The highest BCUT2D eigenvalue weighted by Crippen LogP contribution is 2.26. The van der Waals surface area contributed by atoms with Crippen molar-refractivity contribution in [2.24, 2.45) is 0 Å². The second kappa shape index (κ2) is 10.5. The van der Waals surface area contributed by atoms with Crippen molar-refractivity contribution in [3.05, 3.63) is 29.3 Å². The zero-order chi connectivity index (χ0) is 16.4. The minimum atomic E-state index is -1.57. The molecule has 125 valence electrons. The summed E-state index contributed by atoms with van der Waals surface area (Å²) in [5, 5.41) is 0. The zero-order valence-electron chi connectivity index (χ0n) is 13.0. The van der Waals surface area contributed by atoms with Crippen molar-refractivity contribution in [3.63, 3.8) is 0 Å². The maximum atomic E-state index is 13.3. The fraction of sp³-hybridized carbons (Fsp3) is 0.647. The monoisotopic (exact) mass is 319 g/mol. The average molecular weight is 319 g/mol. The molecular formula is C17H23F4O. The van der Waals surface area contributed by atoms with Gasteiger partial charge in [-0.15, -0.1) is 0 Å². The Morgan fingerprint density at radius 1 is 0.727 bits per heavy atom.